The number of halogens is 1. The smallest absolute Gasteiger partial charge is 0.252 e. The molecule has 0 saturated carbocycles. The van der Waals surface area contributed by atoms with Crippen molar-refractivity contribution in [1.82, 2.24) is 25.3 Å². The summed E-state index contributed by atoms with van der Waals surface area (Å²) >= 11 is 6.37. The van der Waals surface area contributed by atoms with E-state index in [1.165, 1.54) is 26.2 Å². The molecule has 1 aliphatic heterocycles. The molecule has 1 N–H and O–H groups in total. The number of carbonyl (C=O) groups is 3. The molecule has 1 aromatic carbocycles. The quantitative estimate of drug-likeness (QED) is 0.753. The Labute approximate surface area is 179 Å². The zero-order chi connectivity index (χ0) is 21.8. The van der Waals surface area contributed by atoms with Gasteiger partial charge in [-0.25, -0.2) is 0 Å². The molecule has 0 bridgehead atoms. The first-order valence-electron chi connectivity index (χ1n) is 9.38. The normalized spacial score (nSPS) is 16.2. The van der Waals surface area contributed by atoms with Crippen LogP contribution >= 0.6 is 11.6 Å². The van der Waals surface area contributed by atoms with Gasteiger partial charge in [0.05, 0.1) is 23.5 Å². The van der Waals surface area contributed by atoms with Gasteiger partial charge in [-0.1, -0.05) is 18.2 Å². The highest BCUT2D eigenvalue weighted by atomic mass is 35.5. The molecule has 8 nitrogen and oxygen atoms in total. The Bertz CT molecular complexity index is 1010. The number of amides is 3. The molecule has 2 heterocycles. The Morgan fingerprint density at radius 1 is 1.23 bits per heavy atom. The number of hydrogen-bond acceptors (Lipinski definition) is 5. The standard InChI is InChI=1S/C21H22ClN5O3/c1-4-20(29)26-5-6-27(13(2)28)19(12-26)15-7-14(8-17(22)9-15)18-10-16(11-24-25-18)21(30)23-3/h4,7-11,19H,1,5-6,12H2,2-3H3,(H,23,30)/t19-/m0/s1. The summed E-state index contributed by atoms with van der Waals surface area (Å²) in [4.78, 5) is 39.7. The summed E-state index contributed by atoms with van der Waals surface area (Å²) in [5, 5.41) is 11.0. The Kier molecular flexibility index (Phi) is 6.47. The molecule has 9 heteroatoms. The van der Waals surface area contributed by atoms with Gasteiger partial charge in [-0.2, -0.15) is 10.2 Å². The lowest BCUT2D eigenvalue weighted by Gasteiger charge is -2.41. The largest absolute Gasteiger partial charge is 0.355 e. The number of piperazine rings is 1. The van der Waals surface area contributed by atoms with Crippen LogP contribution in [0.15, 0.2) is 43.1 Å². The first kappa shape index (κ1) is 21.4. The predicted octanol–water partition coefficient (Wildman–Crippen LogP) is 2.07. The van der Waals surface area contributed by atoms with E-state index in [1.54, 1.807) is 28.0 Å². The van der Waals surface area contributed by atoms with Crippen molar-refractivity contribution in [3.8, 4) is 11.3 Å². The molecule has 0 unspecified atom stereocenters. The highest BCUT2D eigenvalue weighted by Gasteiger charge is 2.31. The van der Waals surface area contributed by atoms with E-state index >= 15 is 0 Å². The van der Waals surface area contributed by atoms with Crippen LogP contribution in [0.3, 0.4) is 0 Å². The molecule has 1 aromatic heterocycles. The second-order valence-corrected chi connectivity index (χ2v) is 7.33. The molecule has 0 aliphatic carbocycles. The van der Waals surface area contributed by atoms with Gasteiger partial charge in [-0.3, -0.25) is 14.4 Å². The fourth-order valence-corrected chi connectivity index (χ4v) is 3.75. The predicted molar refractivity (Wildman–Crippen MR) is 113 cm³/mol. The maximum absolute atomic E-state index is 12.2. The number of nitrogens with zero attached hydrogens (tertiary/aromatic N) is 4. The average Bonchev–Trinajstić information content (AvgIpc) is 2.77. The van der Waals surface area contributed by atoms with E-state index in [1.807, 2.05) is 6.07 Å². The molecule has 0 radical (unpaired) electrons. The van der Waals surface area contributed by atoms with E-state index in [0.717, 1.165) is 5.56 Å². The van der Waals surface area contributed by atoms with Crippen molar-refractivity contribution in [2.75, 3.05) is 26.7 Å². The van der Waals surface area contributed by atoms with Gasteiger partial charge in [0.1, 0.15) is 0 Å². The zero-order valence-electron chi connectivity index (χ0n) is 16.8. The van der Waals surface area contributed by atoms with E-state index < -0.39 is 0 Å². The van der Waals surface area contributed by atoms with Gasteiger partial charge in [0, 0.05) is 44.2 Å². The molecule has 1 atom stereocenters. The van der Waals surface area contributed by atoms with Crippen LogP contribution in [-0.2, 0) is 9.59 Å². The van der Waals surface area contributed by atoms with Crippen molar-refractivity contribution < 1.29 is 14.4 Å². The van der Waals surface area contributed by atoms with E-state index in [0.29, 0.717) is 41.5 Å². The first-order chi connectivity index (χ1) is 14.3. The lowest BCUT2D eigenvalue weighted by Crippen LogP contribution is -2.51. The minimum absolute atomic E-state index is 0.0892. The van der Waals surface area contributed by atoms with Gasteiger partial charge in [0.25, 0.3) is 5.91 Å². The third-order valence-electron chi connectivity index (χ3n) is 5.02. The Morgan fingerprint density at radius 3 is 2.67 bits per heavy atom. The number of carbonyl (C=O) groups excluding carboxylic acids is 3. The molecule has 156 valence electrons. The van der Waals surface area contributed by atoms with Gasteiger partial charge >= 0.3 is 0 Å². The van der Waals surface area contributed by atoms with Crippen LogP contribution < -0.4 is 5.32 Å². The van der Waals surface area contributed by atoms with Crippen LogP contribution in [0.2, 0.25) is 5.02 Å². The third kappa shape index (κ3) is 4.49. The van der Waals surface area contributed by atoms with Crippen LogP contribution in [0.1, 0.15) is 28.9 Å². The fourth-order valence-electron chi connectivity index (χ4n) is 3.50. The van der Waals surface area contributed by atoms with Crippen LogP contribution in [0, 0.1) is 0 Å². The lowest BCUT2D eigenvalue weighted by molar-refractivity contribution is -0.139. The number of hydrogen-bond donors (Lipinski definition) is 1. The number of benzene rings is 1. The van der Waals surface area contributed by atoms with Gasteiger partial charge < -0.3 is 15.1 Å². The van der Waals surface area contributed by atoms with Gasteiger partial charge in [-0.05, 0) is 35.9 Å². The minimum Gasteiger partial charge on any atom is -0.355 e. The highest BCUT2D eigenvalue weighted by Crippen LogP contribution is 2.32. The SMILES string of the molecule is C=CC(=O)N1CCN(C(C)=O)[C@H](c2cc(Cl)cc(-c3cc(C(=O)NC)cnn3)c2)C1. The van der Waals surface area contributed by atoms with E-state index in [9.17, 15) is 14.4 Å². The molecule has 1 saturated heterocycles. The van der Waals surface area contributed by atoms with Gasteiger partial charge in [0.2, 0.25) is 11.8 Å². The summed E-state index contributed by atoms with van der Waals surface area (Å²) in [6.45, 7) is 6.22. The molecule has 3 amide bonds. The third-order valence-corrected chi connectivity index (χ3v) is 5.23. The molecule has 1 aliphatic rings. The van der Waals surface area contributed by atoms with Crippen molar-refractivity contribution in [3.63, 3.8) is 0 Å². The van der Waals surface area contributed by atoms with E-state index in [2.05, 4.69) is 22.1 Å². The van der Waals surface area contributed by atoms with Crippen LogP contribution in [0.5, 0.6) is 0 Å². The highest BCUT2D eigenvalue weighted by molar-refractivity contribution is 6.31. The Balaban J connectivity index is 2.02. The summed E-state index contributed by atoms with van der Waals surface area (Å²) in [6, 6.07) is 6.59. The molecular weight excluding hydrogens is 406 g/mol. The molecule has 2 aromatic rings. The summed E-state index contributed by atoms with van der Waals surface area (Å²) < 4.78 is 0. The number of aromatic nitrogens is 2. The maximum atomic E-state index is 12.2. The monoisotopic (exact) mass is 427 g/mol. The lowest BCUT2D eigenvalue weighted by atomic mass is 9.98. The number of nitrogens with one attached hydrogen (secondary N) is 1. The van der Waals surface area contributed by atoms with E-state index in [-0.39, 0.29) is 23.8 Å². The summed E-state index contributed by atoms with van der Waals surface area (Å²) in [6.07, 6.45) is 2.65. The van der Waals surface area contributed by atoms with Crippen LogP contribution in [-0.4, -0.2) is 64.4 Å². The maximum Gasteiger partial charge on any atom is 0.252 e. The fraction of sp³-hybridized carbons (Fsp3) is 0.286. The van der Waals surface area contributed by atoms with Crippen molar-refractivity contribution in [2.45, 2.75) is 13.0 Å². The molecule has 3 rings (SSSR count). The minimum atomic E-state index is -0.368. The zero-order valence-corrected chi connectivity index (χ0v) is 17.5. The average molecular weight is 428 g/mol. The van der Waals surface area contributed by atoms with E-state index in [4.69, 9.17) is 11.6 Å². The van der Waals surface area contributed by atoms with Crippen molar-refractivity contribution in [1.29, 1.82) is 0 Å². The Morgan fingerprint density at radius 2 is 2.00 bits per heavy atom. The second kappa shape index (κ2) is 9.04. The summed E-state index contributed by atoms with van der Waals surface area (Å²) in [7, 11) is 1.54. The summed E-state index contributed by atoms with van der Waals surface area (Å²) in [5.74, 6) is -0.551. The van der Waals surface area contributed by atoms with Gasteiger partial charge in [0.15, 0.2) is 0 Å². The van der Waals surface area contributed by atoms with Gasteiger partial charge in [-0.15, -0.1) is 0 Å². The second-order valence-electron chi connectivity index (χ2n) is 6.90. The topological polar surface area (TPSA) is 95.5 Å². The van der Waals surface area contributed by atoms with Crippen molar-refractivity contribution >= 4 is 29.3 Å². The Hall–Kier alpha value is -3.26. The summed E-state index contributed by atoms with van der Waals surface area (Å²) in [5.41, 5.74) is 2.27. The van der Waals surface area contributed by atoms with Crippen LogP contribution in [0.25, 0.3) is 11.3 Å². The molecule has 1 fully saturated rings. The molecule has 0 spiro atoms. The van der Waals surface area contributed by atoms with Crippen LogP contribution in [0.4, 0.5) is 0 Å². The van der Waals surface area contributed by atoms with Crippen molar-refractivity contribution in [3.05, 3.63) is 59.3 Å². The number of rotatable bonds is 4. The molecular formula is C21H22ClN5O3. The first-order valence-corrected chi connectivity index (χ1v) is 9.76. The van der Waals surface area contributed by atoms with Crippen molar-refractivity contribution in [2.24, 2.45) is 0 Å². The molecule has 30 heavy (non-hydrogen) atoms.